The minimum Gasteiger partial charge on any atom is -0.444 e. The molecule has 0 spiro atoms. The molecule has 1 aliphatic heterocycles. The normalized spacial score (nSPS) is 17.8. The van der Waals surface area contributed by atoms with Crippen LogP contribution in [0.25, 0.3) is 0 Å². The number of hydrogen-bond donors (Lipinski definition) is 1. The molecule has 1 aliphatic carbocycles. The van der Waals surface area contributed by atoms with Gasteiger partial charge in [-0.05, 0) is 79.1 Å². The maximum absolute atomic E-state index is 12.8. The number of halogens is 1. The summed E-state index contributed by atoms with van der Waals surface area (Å²) < 4.78 is 11.1. The van der Waals surface area contributed by atoms with E-state index >= 15 is 0 Å². The van der Waals surface area contributed by atoms with Crippen molar-refractivity contribution in [1.82, 2.24) is 15.1 Å². The molecule has 1 N–H and O–H groups in total. The van der Waals surface area contributed by atoms with E-state index in [1.54, 1.807) is 0 Å². The van der Waals surface area contributed by atoms with Gasteiger partial charge in [-0.25, -0.2) is 4.79 Å². The Morgan fingerprint density at radius 3 is 2.35 bits per heavy atom. The average molecular weight is 553 g/mol. The van der Waals surface area contributed by atoms with Crippen molar-refractivity contribution >= 4 is 36.0 Å². The van der Waals surface area contributed by atoms with Crippen LogP contribution in [0.4, 0.5) is 4.79 Å². The van der Waals surface area contributed by atoms with E-state index in [2.05, 4.69) is 17.1 Å². The Morgan fingerprint density at radius 2 is 1.81 bits per heavy atom. The summed E-state index contributed by atoms with van der Waals surface area (Å²) in [6, 6.07) is 0.255. The number of piperidine rings is 1. The van der Waals surface area contributed by atoms with Crippen LogP contribution in [0.3, 0.4) is 0 Å². The molecule has 0 unspecified atom stereocenters. The molecule has 1 amide bonds. The van der Waals surface area contributed by atoms with E-state index in [9.17, 15) is 4.79 Å². The lowest BCUT2D eigenvalue weighted by Crippen LogP contribution is -2.52. The van der Waals surface area contributed by atoms with Crippen LogP contribution in [-0.4, -0.2) is 79.4 Å². The summed E-state index contributed by atoms with van der Waals surface area (Å²) in [5.41, 5.74) is -0.452. The van der Waals surface area contributed by atoms with E-state index in [1.807, 2.05) is 32.6 Å². The molecule has 0 atom stereocenters. The molecule has 182 valence electrons. The van der Waals surface area contributed by atoms with Crippen molar-refractivity contribution in [3.8, 4) is 0 Å². The van der Waals surface area contributed by atoms with Gasteiger partial charge in [-0.3, -0.25) is 4.99 Å². The van der Waals surface area contributed by atoms with E-state index in [-0.39, 0.29) is 36.1 Å². The molecule has 2 aliphatic rings. The fraction of sp³-hybridized carbons (Fsp3) is 0.913. The summed E-state index contributed by atoms with van der Waals surface area (Å²) in [5, 5.41) is 3.43. The number of aliphatic imine (C=N–C) groups is 1. The zero-order chi connectivity index (χ0) is 22.0. The third-order valence-corrected chi connectivity index (χ3v) is 5.48. The fourth-order valence-corrected chi connectivity index (χ4v) is 3.73. The second kappa shape index (κ2) is 14.4. The number of guanidine groups is 1. The summed E-state index contributed by atoms with van der Waals surface area (Å²) in [4.78, 5) is 22.0. The molecule has 0 aromatic heterocycles. The van der Waals surface area contributed by atoms with Gasteiger partial charge in [0.15, 0.2) is 5.96 Å². The second-order valence-electron chi connectivity index (χ2n) is 9.43. The third kappa shape index (κ3) is 11.1. The largest absolute Gasteiger partial charge is 0.444 e. The Bertz CT molecular complexity index is 541. The number of rotatable bonds is 10. The van der Waals surface area contributed by atoms with Crippen molar-refractivity contribution in [3.63, 3.8) is 0 Å². The predicted molar refractivity (Wildman–Crippen MR) is 137 cm³/mol. The van der Waals surface area contributed by atoms with Crippen LogP contribution in [-0.2, 0) is 9.47 Å². The van der Waals surface area contributed by atoms with Gasteiger partial charge in [0.1, 0.15) is 5.60 Å². The third-order valence-electron chi connectivity index (χ3n) is 5.48. The zero-order valence-electron chi connectivity index (χ0n) is 20.3. The van der Waals surface area contributed by atoms with Gasteiger partial charge in [0.25, 0.3) is 0 Å². The average Bonchev–Trinajstić information content (AvgIpc) is 3.51. The first-order chi connectivity index (χ1) is 14.3. The van der Waals surface area contributed by atoms with Gasteiger partial charge in [-0.1, -0.05) is 0 Å². The number of carbonyl (C=O) groups is 1. The van der Waals surface area contributed by atoms with Crippen LogP contribution in [0, 0.1) is 5.92 Å². The molecule has 0 aromatic carbocycles. The van der Waals surface area contributed by atoms with Gasteiger partial charge in [0.2, 0.25) is 0 Å². The van der Waals surface area contributed by atoms with Crippen molar-refractivity contribution < 1.29 is 14.3 Å². The highest BCUT2D eigenvalue weighted by molar-refractivity contribution is 14.0. The maximum Gasteiger partial charge on any atom is 0.410 e. The lowest BCUT2D eigenvalue weighted by molar-refractivity contribution is 0.00928. The molecule has 2 rings (SSSR count). The predicted octanol–water partition coefficient (Wildman–Crippen LogP) is 4.50. The van der Waals surface area contributed by atoms with Gasteiger partial charge >= 0.3 is 6.09 Å². The molecular weight excluding hydrogens is 507 g/mol. The second-order valence-corrected chi connectivity index (χ2v) is 9.43. The molecule has 1 saturated carbocycles. The van der Waals surface area contributed by atoms with Crippen LogP contribution < -0.4 is 5.32 Å². The van der Waals surface area contributed by atoms with Crippen LogP contribution >= 0.6 is 24.0 Å². The van der Waals surface area contributed by atoms with Crippen LogP contribution in [0.1, 0.15) is 73.1 Å². The van der Waals surface area contributed by atoms with E-state index in [0.29, 0.717) is 5.92 Å². The number of amides is 1. The molecule has 0 bridgehead atoms. The van der Waals surface area contributed by atoms with Gasteiger partial charge in [-0.15, -0.1) is 24.0 Å². The lowest BCUT2D eigenvalue weighted by atomic mass is 10.0. The quantitative estimate of drug-likeness (QED) is 0.187. The van der Waals surface area contributed by atoms with Gasteiger partial charge in [0, 0.05) is 52.0 Å². The van der Waals surface area contributed by atoms with Crippen LogP contribution in [0.15, 0.2) is 4.99 Å². The van der Waals surface area contributed by atoms with Crippen LogP contribution in [0.2, 0.25) is 0 Å². The molecule has 8 heteroatoms. The molecule has 0 aromatic rings. The van der Waals surface area contributed by atoms with Crippen molar-refractivity contribution in [1.29, 1.82) is 0 Å². The Hall–Kier alpha value is -0.770. The van der Waals surface area contributed by atoms with Gasteiger partial charge < -0.3 is 24.6 Å². The SMILES string of the molecule is CCNC(=NCCCCOCC)N1CCC(N(CC2CC2)C(=O)OC(C)(C)C)CC1.I. The molecule has 1 saturated heterocycles. The number of likely N-dealkylation sites (tertiary alicyclic amines) is 1. The van der Waals surface area contributed by atoms with Crippen molar-refractivity contribution in [3.05, 3.63) is 0 Å². The fourth-order valence-electron chi connectivity index (χ4n) is 3.73. The van der Waals surface area contributed by atoms with E-state index < -0.39 is 5.60 Å². The first kappa shape index (κ1) is 28.3. The molecular formula is C23H45IN4O3. The first-order valence-corrected chi connectivity index (χ1v) is 11.9. The number of hydrogen-bond acceptors (Lipinski definition) is 4. The van der Waals surface area contributed by atoms with Gasteiger partial charge in [0.05, 0.1) is 0 Å². The standard InChI is InChI=1S/C23H44N4O3.HI/c1-6-24-21(25-14-8-9-17-29-7-2)26-15-12-20(13-16-26)27(18-19-10-11-19)22(28)30-23(3,4)5;/h19-20H,6-18H2,1-5H3,(H,24,25);1H. The number of unbranched alkanes of at least 4 members (excludes halogenated alkanes) is 1. The minimum atomic E-state index is -0.452. The lowest BCUT2D eigenvalue weighted by Gasteiger charge is -2.40. The number of nitrogens with zero attached hydrogens (tertiary/aromatic N) is 3. The summed E-state index contributed by atoms with van der Waals surface area (Å²) in [6.07, 6.45) is 6.32. The molecule has 1 heterocycles. The zero-order valence-corrected chi connectivity index (χ0v) is 22.7. The monoisotopic (exact) mass is 552 g/mol. The summed E-state index contributed by atoms with van der Waals surface area (Å²) >= 11 is 0. The number of nitrogens with one attached hydrogen (secondary N) is 1. The summed E-state index contributed by atoms with van der Waals surface area (Å²) in [5.74, 6) is 1.66. The molecule has 2 fully saturated rings. The van der Waals surface area contributed by atoms with Crippen molar-refractivity contribution in [2.75, 3.05) is 45.9 Å². The Morgan fingerprint density at radius 1 is 1.13 bits per heavy atom. The highest BCUT2D eigenvalue weighted by Gasteiger charge is 2.35. The molecule has 7 nitrogen and oxygen atoms in total. The highest BCUT2D eigenvalue weighted by Crippen LogP contribution is 2.32. The first-order valence-electron chi connectivity index (χ1n) is 11.9. The molecule has 0 radical (unpaired) electrons. The number of ether oxygens (including phenoxy) is 2. The van der Waals surface area contributed by atoms with Crippen molar-refractivity contribution in [2.45, 2.75) is 84.8 Å². The summed E-state index contributed by atoms with van der Waals surface area (Å²) in [7, 11) is 0. The van der Waals surface area contributed by atoms with E-state index in [1.165, 1.54) is 12.8 Å². The maximum atomic E-state index is 12.8. The topological polar surface area (TPSA) is 66.4 Å². The number of carbonyl (C=O) groups excluding carboxylic acids is 1. The van der Waals surface area contributed by atoms with E-state index in [4.69, 9.17) is 14.5 Å². The smallest absolute Gasteiger partial charge is 0.410 e. The summed E-state index contributed by atoms with van der Waals surface area (Å²) in [6.45, 7) is 15.9. The Balaban J connectivity index is 0.00000480. The highest BCUT2D eigenvalue weighted by atomic mass is 127. The van der Waals surface area contributed by atoms with Crippen LogP contribution in [0.5, 0.6) is 0 Å². The van der Waals surface area contributed by atoms with Crippen molar-refractivity contribution in [2.24, 2.45) is 10.9 Å². The Kier molecular flexibility index (Phi) is 13.1. The minimum absolute atomic E-state index is 0. The van der Waals surface area contributed by atoms with Gasteiger partial charge in [-0.2, -0.15) is 0 Å². The molecule has 31 heavy (non-hydrogen) atoms. The Labute approximate surface area is 206 Å². The van der Waals surface area contributed by atoms with E-state index in [0.717, 1.165) is 77.6 Å².